The summed E-state index contributed by atoms with van der Waals surface area (Å²) < 4.78 is 3.05. The highest BCUT2D eigenvalue weighted by Crippen LogP contribution is 2.34. The lowest BCUT2D eigenvalue weighted by Gasteiger charge is -2.31. The minimum atomic E-state index is -0.835. The number of aliphatic carboxylic acids is 1. The zero-order chi connectivity index (χ0) is 18.3. The molecule has 0 fully saturated rings. The monoisotopic (exact) mass is 416 g/mol. The number of hydrogen-bond donors (Lipinski definition) is 1. The van der Waals surface area contributed by atoms with E-state index in [4.69, 9.17) is 5.11 Å². The number of nitrogens with zero attached hydrogens (tertiary/aromatic N) is 2. The second-order valence-corrected chi connectivity index (χ2v) is 7.80. The summed E-state index contributed by atoms with van der Waals surface area (Å²) in [7, 11) is 0. The topological polar surface area (TPSA) is 62.5 Å². The Kier molecular flexibility index (Phi) is 4.61. The van der Waals surface area contributed by atoms with Crippen molar-refractivity contribution in [2.75, 3.05) is 11.4 Å². The lowest BCUT2D eigenvalue weighted by Crippen LogP contribution is -2.41. The summed E-state index contributed by atoms with van der Waals surface area (Å²) >= 11 is 3.53. The van der Waals surface area contributed by atoms with Crippen molar-refractivity contribution in [2.24, 2.45) is 0 Å². The number of carbonyl (C=O) groups is 2. The van der Waals surface area contributed by atoms with Crippen LogP contribution >= 0.6 is 15.9 Å². The molecule has 0 saturated heterocycles. The quantitative estimate of drug-likeness (QED) is 0.823. The summed E-state index contributed by atoms with van der Waals surface area (Å²) in [5.74, 6) is -0.821. The van der Waals surface area contributed by atoms with Gasteiger partial charge >= 0.3 is 5.97 Å². The number of halogens is 1. The van der Waals surface area contributed by atoms with E-state index >= 15 is 0 Å². The van der Waals surface area contributed by atoms with Crippen molar-refractivity contribution in [3.05, 3.63) is 51.3 Å². The first kappa shape index (κ1) is 17.3. The van der Waals surface area contributed by atoms with Crippen LogP contribution < -0.4 is 4.90 Å². The normalized spacial score (nSPS) is 16.3. The van der Waals surface area contributed by atoms with E-state index in [2.05, 4.69) is 26.6 Å². The Balaban J connectivity index is 1.70. The van der Waals surface area contributed by atoms with Crippen LogP contribution in [-0.2, 0) is 30.6 Å². The molecule has 1 aromatic carbocycles. The highest BCUT2D eigenvalue weighted by molar-refractivity contribution is 9.10. The van der Waals surface area contributed by atoms with Gasteiger partial charge in [-0.05, 0) is 61.4 Å². The summed E-state index contributed by atoms with van der Waals surface area (Å²) in [4.78, 5) is 26.0. The van der Waals surface area contributed by atoms with Gasteiger partial charge in [0.1, 0.15) is 5.69 Å². The first-order valence-corrected chi connectivity index (χ1v) is 9.88. The molecule has 1 aromatic heterocycles. The van der Waals surface area contributed by atoms with Crippen LogP contribution in [0.25, 0.3) is 0 Å². The van der Waals surface area contributed by atoms with Gasteiger partial charge in [-0.25, -0.2) is 0 Å². The fraction of sp³-hybridized carbons (Fsp3) is 0.400. The molecule has 0 atom stereocenters. The first-order valence-electron chi connectivity index (χ1n) is 9.08. The zero-order valence-electron chi connectivity index (χ0n) is 14.5. The number of amides is 1. The van der Waals surface area contributed by atoms with E-state index in [9.17, 15) is 9.59 Å². The number of rotatable bonds is 4. The molecule has 0 unspecified atom stereocenters. The maximum Gasteiger partial charge on any atom is 0.303 e. The number of fused-ring (bicyclic) bond motifs is 3. The molecule has 2 aromatic rings. The highest BCUT2D eigenvalue weighted by Gasteiger charge is 2.31. The fourth-order valence-corrected chi connectivity index (χ4v) is 4.70. The third-order valence-corrected chi connectivity index (χ3v) is 6.14. The molecule has 0 radical (unpaired) electrons. The fourth-order valence-electron chi connectivity index (χ4n) is 4.15. The van der Waals surface area contributed by atoms with Crippen LogP contribution in [0.2, 0.25) is 0 Å². The summed E-state index contributed by atoms with van der Waals surface area (Å²) in [6.45, 7) is 1.41. The minimum absolute atomic E-state index is 0.0142. The maximum atomic E-state index is 13.2. The van der Waals surface area contributed by atoms with Gasteiger partial charge in [-0.15, -0.1) is 0 Å². The second kappa shape index (κ2) is 6.91. The van der Waals surface area contributed by atoms with E-state index in [1.54, 1.807) is 0 Å². The summed E-state index contributed by atoms with van der Waals surface area (Å²) in [5.41, 5.74) is 5.12. The molecule has 6 heteroatoms. The molecular formula is C20H21BrN2O3. The van der Waals surface area contributed by atoms with Gasteiger partial charge in [0.15, 0.2) is 0 Å². The number of carbonyl (C=O) groups excluding carboxylic acids is 1. The molecule has 4 rings (SSSR count). The summed E-state index contributed by atoms with van der Waals surface area (Å²) in [6.07, 6.45) is 4.95. The Bertz CT molecular complexity index is 887. The summed E-state index contributed by atoms with van der Waals surface area (Å²) in [6, 6.07) is 7.78. The Morgan fingerprint density at radius 2 is 2.00 bits per heavy atom. The maximum absolute atomic E-state index is 13.2. The van der Waals surface area contributed by atoms with E-state index in [0.29, 0.717) is 13.0 Å². The van der Waals surface area contributed by atoms with Crippen molar-refractivity contribution in [1.82, 2.24) is 4.57 Å². The molecule has 2 aliphatic rings. The van der Waals surface area contributed by atoms with Crippen molar-refractivity contribution in [3.8, 4) is 0 Å². The molecule has 1 amide bonds. The van der Waals surface area contributed by atoms with Crippen molar-refractivity contribution in [1.29, 1.82) is 0 Å². The molecule has 1 aliphatic carbocycles. The summed E-state index contributed by atoms with van der Waals surface area (Å²) in [5, 5.41) is 9.04. The average molecular weight is 417 g/mol. The van der Waals surface area contributed by atoms with E-state index in [-0.39, 0.29) is 12.3 Å². The standard InChI is InChI=1S/C20H21BrN2O3/c21-15-5-3-7-17(14(15)8-9-19(24)25)23-11-10-22-16-6-2-1-4-13(16)12-18(22)20(23)26/h3,5,7,12H,1-2,4,6,8-11H2,(H,24,25). The van der Waals surface area contributed by atoms with Crippen LogP contribution in [0, 0.1) is 0 Å². The minimum Gasteiger partial charge on any atom is -0.481 e. The highest BCUT2D eigenvalue weighted by atomic mass is 79.9. The molecular weight excluding hydrogens is 396 g/mol. The Hall–Kier alpha value is -2.08. The predicted molar refractivity (Wildman–Crippen MR) is 103 cm³/mol. The van der Waals surface area contributed by atoms with Crippen LogP contribution in [-0.4, -0.2) is 28.1 Å². The van der Waals surface area contributed by atoms with Crippen LogP contribution in [0.4, 0.5) is 5.69 Å². The molecule has 0 bridgehead atoms. The molecule has 0 spiro atoms. The van der Waals surface area contributed by atoms with E-state index < -0.39 is 5.97 Å². The van der Waals surface area contributed by atoms with Gasteiger partial charge in [0.05, 0.1) is 0 Å². The Morgan fingerprint density at radius 3 is 2.81 bits per heavy atom. The zero-order valence-corrected chi connectivity index (χ0v) is 16.1. The largest absolute Gasteiger partial charge is 0.481 e. The average Bonchev–Trinajstić information content (AvgIpc) is 3.01. The number of aryl methyl sites for hydroxylation is 1. The Morgan fingerprint density at radius 1 is 1.19 bits per heavy atom. The Labute approximate surface area is 160 Å². The molecule has 0 saturated carbocycles. The van der Waals surface area contributed by atoms with Gasteiger partial charge in [-0.3, -0.25) is 9.59 Å². The van der Waals surface area contributed by atoms with Crippen molar-refractivity contribution >= 4 is 33.5 Å². The van der Waals surface area contributed by atoms with Gasteiger partial charge in [0, 0.05) is 35.4 Å². The molecule has 1 aliphatic heterocycles. The van der Waals surface area contributed by atoms with Crippen LogP contribution in [0.5, 0.6) is 0 Å². The van der Waals surface area contributed by atoms with E-state index in [1.807, 2.05) is 23.1 Å². The van der Waals surface area contributed by atoms with Crippen molar-refractivity contribution in [3.63, 3.8) is 0 Å². The third kappa shape index (κ3) is 2.96. The molecule has 26 heavy (non-hydrogen) atoms. The van der Waals surface area contributed by atoms with Gasteiger partial charge in [0.25, 0.3) is 5.91 Å². The molecule has 1 N–H and O–H groups in total. The molecule has 2 heterocycles. The first-order chi connectivity index (χ1) is 12.6. The van der Waals surface area contributed by atoms with Gasteiger partial charge in [-0.1, -0.05) is 22.0 Å². The molecule has 136 valence electrons. The van der Waals surface area contributed by atoms with Crippen LogP contribution in [0.15, 0.2) is 28.7 Å². The van der Waals surface area contributed by atoms with Gasteiger partial charge in [-0.2, -0.15) is 0 Å². The third-order valence-electron chi connectivity index (χ3n) is 5.39. The number of hydrogen-bond acceptors (Lipinski definition) is 2. The van der Waals surface area contributed by atoms with Crippen molar-refractivity contribution in [2.45, 2.75) is 45.1 Å². The number of aromatic nitrogens is 1. The number of carboxylic acid groups (broad SMARTS) is 1. The molecule has 5 nitrogen and oxygen atoms in total. The van der Waals surface area contributed by atoms with E-state index in [1.165, 1.54) is 24.1 Å². The number of carboxylic acids is 1. The van der Waals surface area contributed by atoms with Gasteiger partial charge in [0.2, 0.25) is 0 Å². The van der Waals surface area contributed by atoms with Gasteiger partial charge < -0.3 is 14.6 Å². The number of benzene rings is 1. The lowest BCUT2D eigenvalue weighted by molar-refractivity contribution is -0.136. The number of anilines is 1. The SMILES string of the molecule is O=C(O)CCc1c(Br)cccc1N1CCn2c(cc3c2CCCC3)C1=O. The smallest absolute Gasteiger partial charge is 0.303 e. The van der Waals surface area contributed by atoms with Crippen LogP contribution in [0.3, 0.4) is 0 Å². The lowest BCUT2D eigenvalue weighted by atomic mass is 9.98. The van der Waals surface area contributed by atoms with Crippen LogP contribution in [0.1, 0.15) is 46.6 Å². The second-order valence-electron chi connectivity index (χ2n) is 6.95. The predicted octanol–water partition coefficient (Wildman–Crippen LogP) is 3.81. The van der Waals surface area contributed by atoms with E-state index in [0.717, 1.165) is 40.8 Å². The van der Waals surface area contributed by atoms with Crippen molar-refractivity contribution < 1.29 is 14.7 Å².